The number of nitrogens with two attached hydrogens (primary N) is 1. The van der Waals surface area contributed by atoms with E-state index in [9.17, 15) is 72.9 Å². The normalized spacial score (nSPS) is 25.4. The van der Waals surface area contributed by atoms with E-state index in [1.165, 1.54) is 25.8 Å². The van der Waals surface area contributed by atoms with Gasteiger partial charge >= 0.3 is 5.97 Å². The predicted octanol–water partition coefficient (Wildman–Crippen LogP) is -0.596. The fourth-order valence-electron chi connectivity index (χ4n) is 12.9. The zero-order valence-electron chi connectivity index (χ0n) is 56.5. The van der Waals surface area contributed by atoms with E-state index in [1.807, 2.05) is 0 Å². The van der Waals surface area contributed by atoms with Crippen molar-refractivity contribution in [3.05, 3.63) is 23.3 Å². The lowest BCUT2D eigenvalue weighted by Crippen LogP contribution is -2.60. The molecule has 0 spiro atoms. The number of aromatic amines is 1. The molecule has 1 aliphatic carbocycles. The van der Waals surface area contributed by atoms with Gasteiger partial charge in [0.05, 0.1) is 80.0 Å². The van der Waals surface area contributed by atoms with Gasteiger partial charge in [-0.3, -0.25) is 66.5 Å². The summed E-state index contributed by atoms with van der Waals surface area (Å²) in [5, 5.41) is 62.8. The Balaban J connectivity index is 1.21. The molecule has 3 aliphatic heterocycles. The van der Waals surface area contributed by atoms with Crippen molar-refractivity contribution in [2.24, 2.45) is 47.2 Å². The highest BCUT2D eigenvalue weighted by Gasteiger charge is 2.45. The Morgan fingerprint density at radius 2 is 1.54 bits per heavy atom. The number of unbranched alkanes of at least 4 members (excludes halogenated alkanes) is 3. The number of ketones is 2. The molecule has 1 aromatic carbocycles. The largest absolute Gasteiger partial charge is 0.496 e. The second kappa shape index (κ2) is 38.7. The molecule has 12 atom stereocenters. The maximum absolute atomic E-state index is 15.4. The Hall–Kier alpha value is -7.55. The molecule has 2 aromatic rings. The third kappa shape index (κ3) is 23.0. The number of fused-ring (bicyclic) bond motifs is 5. The first kappa shape index (κ1) is 79.4. The number of nitrogens with zero attached hydrogens (tertiary/aromatic N) is 1. The van der Waals surface area contributed by atoms with Gasteiger partial charge in [-0.2, -0.15) is 11.8 Å². The molecule has 32 heteroatoms. The number of benzene rings is 1. The number of carboxylic acids is 1. The molecule has 4 heterocycles. The molecule has 2 bridgehead atoms. The summed E-state index contributed by atoms with van der Waals surface area (Å²) in [5.41, 5.74) is 6.75. The first-order valence-electron chi connectivity index (χ1n) is 33.9. The standard InChI is InChI=1S/C66H99N11O19S2/c1-6-35(2)44-25-41(79)29-71-61(90)40-23-45-43-17-18-52(96-5)46(33-97-21-11-10-19-68-54(84)12-8-7-9-20-69-60(89)39-15-13-38(14-16-39)28-70-59(88)36(3)22-56(86)87)58(43)76-65(45)98(95)34-48(73-55(85)30-72-62(44)91)63(92)74-47(27-53(67)83)66(94)77-31-42(80)26-49(77)64(93)75-57(50(81)24-40)37(4)51(82)32-78/h17-18,35-40,42,44,47-49,51,57,76,78,80,82H,6-16,19-34H2,1-5H3,(H2,67,83)(H,68,84)(H,69,89)(H,70,88)(H,71,90)(H,72,91)(H,73,85)(H,74,92)(H,75,93)(H,86,87)/t35-,36?,37-,38?,39?,40+,42+,44-,47-,48-,49-,51-,57-,98?/m0/s1. The predicted molar refractivity (Wildman–Crippen MR) is 359 cm³/mol. The molecular formula is C66H99N11O19S2. The summed E-state index contributed by atoms with van der Waals surface area (Å²) in [5.74, 6) is -14.0. The van der Waals surface area contributed by atoms with Crippen LogP contribution < -0.4 is 53.0 Å². The van der Waals surface area contributed by atoms with Gasteiger partial charge in [0.2, 0.25) is 59.1 Å². The van der Waals surface area contributed by atoms with Crippen LogP contribution in [0.4, 0.5) is 0 Å². The number of aliphatic hydroxyl groups is 3. The van der Waals surface area contributed by atoms with Crippen molar-refractivity contribution in [2.75, 3.05) is 64.5 Å². The summed E-state index contributed by atoms with van der Waals surface area (Å²) < 4.78 is 21.2. The summed E-state index contributed by atoms with van der Waals surface area (Å²) >= 11 is 1.51. The average Bonchev–Trinajstić information content (AvgIpc) is 1.61. The Labute approximate surface area is 576 Å². The Kier molecular flexibility index (Phi) is 31.4. The van der Waals surface area contributed by atoms with E-state index in [4.69, 9.17) is 15.6 Å². The van der Waals surface area contributed by atoms with Crippen LogP contribution in [0.15, 0.2) is 17.2 Å². The van der Waals surface area contributed by atoms with Gasteiger partial charge in [-0.25, -0.2) is 0 Å². The monoisotopic (exact) mass is 1410 g/mol. The lowest BCUT2D eigenvalue weighted by Gasteiger charge is -2.32. The highest BCUT2D eigenvalue weighted by atomic mass is 32.2. The lowest BCUT2D eigenvalue weighted by atomic mass is 9.81. The minimum absolute atomic E-state index is 0.00592. The summed E-state index contributed by atoms with van der Waals surface area (Å²) in [6.07, 6.45) is 1.02. The van der Waals surface area contributed by atoms with Crippen molar-refractivity contribution in [1.82, 2.24) is 52.4 Å². The Morgan fingerprint density at radius 1 is 0.837 bits per heavy atom. The van der Waals surface area contributed by atoms with Crippen molar-refractivity contribution < 1.29 is 91.7 Å². The Morgan fingerprint density at radius 3 is 2.22 bits per heavy atom. The van der Waals surface area contributed by atoms with Crippen molar-refractivity contribution in [2.45, 2.75) is 184 Å². The maximum atomic E-state index is 15.4. The zero-order chi connectivity index (χ0) is 71.9. The van der Waals surface area contributed by atoms with Crippen LogP contribution >= 0.6 is 11.8 Å². The number of primary amides is 1. The Bertz CT molecular complexity index is 3230. The molecule has 2 fully saturated rings. The second-order valence-corrected chi connectivity index (χ2v) is 28.9. The minimum atomic E-state index is -2.41. The van der Waals surface area contributed by atoms with Gasteiger partial charge in [0.15, 0.2) is 11.6 Å². The van der Waals surface area contributed by atoms with Crippen molar-refractivity contribution in [3.8, 4) is 5.75 Å². The molecule has 10 amide bonds. The summed E-state index contributed by atoms with van der Waals surface area (Å²) in [4.78, 5) is 181. The van der Waals surface area contributed by atoms with Gasteiger partial charge in [-0.1, -0.05) is 40.5 Å². The number of aromatic nitrogens is 1. The zero-order valence-corrected chi connectivity index (χ0v) is 58.1. The van der Waals surface area contributed by atoms with Gasteiger partial charge in [-0.15, -0.1) is 0 Å². The fourth-order valence-corrected chi connectivity index (χ4v) is 15.3. The molecule has 98 heavy (non-hydrogen) atoms. The number of carbonyl (C=O) groups excluding carboxylic acids is 12. The smallest absolute Gasteiger partial charge is 0.304 e. The van der Waals surface area contributed by atoms with Crippen molar-refractivity contribution in [3.63, 3.8) is 0 Å². The van der Waals surface area contributed by atoms with Crippen LogP contribution in [0, 0.1) is 41.4 Å². The number of amides is 10. The first-order valence-corrected chi connectivity index (χ1v) is 36.4. The molecule has 544 valence electrons. The summed E-state index contributed by atoms with van der Waals surface area (Å²) in [6, 6.07) is -3.67. The molecule has 15 N–H and O–H groups in total. The number of carbonyl (C=O) groups is 13. The number of rotatable bonds is 27. The van der Waals surface area contributed by atoms with Crippen LogP contribution in [0.25, 0.3) is 10.9 Å². The highest BCUT2D eigenvalue weighted by molar-refractivity contribution is 7.98. The number of thioether (sulfide) groups is 1. The molecule has 2 unspecified atom stereocenters. The van der Waals surface area contributed by atoms with Crippen LogP contribution in [0.3, 0.4) is 0 Å². The van der Waals surface area contributed by atoms with Gasteiger partial charge in [-0.05, 0) is 93.1 Å². The molecule has 6 rings (SSSR count). The fraction of sp³-hybridized carbons (Fsp3) is 0.682. The lowest BCUT2D eigenvalue weighted by molar-refractivity contribution is -0.144. The van der Waals surface area contributed by atoms with E-state index in [2.05, 4.69) is 47.5 Å². The van der Waals surface area contributed by atoms with Crippen molar-refractivity contribution in [1.29, 1.82) is 0 Å². The van der Waals surface area contributed by atoms with Gasteiger partial charge < -0.3 is 83.3 Å². The van der Waals surface area contributed by atoms with Crippen LogP contribution in [-0.2, 0) is 85.3 Å². The number of Topliss-reactive ketones (excluding diaryl/α,β-unsaturated/α-hetero) is 2. The minimum Gasteiger partial charge on any atom is -0.496 e. The number of carboxylic acid groups (broad SMARTS) is 1. The number of aliphatic carboxylic acids is 1. The van der Waals surface area contributed by atoms with E-state index in [0.29, 0.717) is 99.0 Å². The number of nitrogens with one attached hydrogen (secondary N) is 9. The van der Waals surface area contributed by atoms with E-state index in [1.54, 1.807) is 32.9 Å². The topological polar surface area (TPSA) is 470 Å². The number of hydrogen-bond donors (Lipinski definition) is 14. The summed E-state index contributed by atoms with van der Waals surface area (Å²) in [6.45, 7) is 5.02. The number of aliphatic hydroxyl groups excluding tert-OH is 3. The van der Waals surface area contributed by atoms with Crippen LogP contribution in [0.5, 0.6) is 5.75 Å². The first-order chi connectivity index (χ1) is 46.6. The third-order valence-corrected chi connectivity index (χ3v) is 21.5. The molecule has 1 aromatic heterocycles. The average molecular weight is 1410 g/mol. The molecule has 0 radical (unpaired) electrons. The van der Waals surface area contributed by atoms with Crippen LogP contribution in [0.1, 0.15) is 142 Å². The maximum Gasteiger partial charge on any atom is 0.304 e. The number of ether oxygens (including phenoxy) is 1. The molecular weight excluding hydrogens is 1310 g/mol. The third-order valence-electron chi connectivity index (χ3n) is 19.0. The number of H-pyrrole nitrogens is 1. The molecule has 4 aliphatic rings. The van der Waals surface area contributed by atoms with Gasteiger partial charge in [0.1, 0.15) is 28.9 Å². The SMILES string of the molecule is CC[C@H](C)[C@@H]1CC(=O)CNC(=O)[C@H]2CC(=O)[C@H]([C@@H](C)[C@@H](O)CO)NC(=O)[C@@H]3C[C@@H](O)CN3C(=O)[C@H](CC(N)=O)NC(=O)[C@H](CS(=O)c3[nH]c4c(CSCCCCNC(=O)CCCCCNC(=O)C5CCC(CNC(=O)C(C)CC(=O)O)CC5)c(OC)ccc4c3C2)NC(=O)CNC1=O. The van der Waals surface area contributed by atoms with E-state index < -0.39 is 193 Å². The van der Waals surface area contributed by atoms with E-state index in [0.717, 1.165) is 24.2 Å². The van der Waals surface area contributed by atoms with Gasteiger partial charge in [0.25, 0.3) is 0 Å². The van der Waals surface area contributed by atoms with Crippen molar-refractivity contribution >= 4 is 110 Å². The highest BCUT2D eigenvalue weighted by Crippen LogP contribution is 2.38. The number of methoxy groups -OCH3 is 1. The van der Waals surface area contributed by atoms with Crippen LogP contribution in [-0.4, -0.2) is 212 Å². The number of hydrogen-bond acceptors (Lipinski definition) is 19. The van der Waals surface area contributed by atoms with E-state index >= 15 is 9.00 Å². The van der Waals surface area contributed by atoms with Gasteiger partial charge in [0, 0.05) is 98.2 Å². The van der Waals surface area contributed by atoms with Crippen LogP contribution in [0.2, 0.25) is 0 Å². The quantitative estimate of drug-likeness (QED) is 0.0497. The molecule has 1 saturated heterocycles. The summed E-state index contributed by atoms with van der Waals surface area (Å²) in [7, 11) is -0.966. The second-order valence-electron chi connectivity index (χ2n) is 26.4. The molecule has 30 nitrogen and oxygen atoms in total. The molecule has 1 saturated carbocycles. The van der Waals surface area contributed by atoms with E-state index in [-0.39, 0.29) is 58.7 Å².